The summed E-state index contributed by atoms with van der Waals surface area (Å²) < 4.78 is 4.92. The molecule has 1 aliphatic rings. The number of aliphatic hydroxyl groups is 2. The van der Waals surface area contributed by atoms with Crippen molar-refractivity contribution < 1.29 is 14.9 Å². The minimum atomic E-state index is -0.482. The normalized spacial score (nSPS) is 25.4. The van der Waals surface area contributed by atoms with Gasteiger partial charge in [-0.15, -0.1) is 0 Å². The molecule has 1 aliphatic carbocycles. The second-order valence-electron chi connectivity index (χ2n) is 4.79. The Labute approximate surface area is 102 Å². The summed E-state index contributed by atoms with van der Waals surface area (Å²) in [7, 11) is 1.58. The van der Waals surface area contributed by atoms with E-state index in [1.807, 2.05) is 18.2 Å². The molecule has 1 aromatic carbocycles. The highest BCUT2D eigenvalue weighted by Gasteiger charge is 2.29. The molecule has 1 aromatic rings. The summed E-state index contributed by atoms with van der Waals surface area (Å²) >= 11 is 0. The van der Waals surface area contributed by atoms with E-state index in [4.69, 9.17) is 4.74 Å². The van der Waals surface area contributed by atoms with Crippen molar-refractivity contribution in [3.63, 3.8) is 0 Å². The van der Waals surface area contributed by atoms with Gasteiger partial charge in [-0.3, -0.25) is 0 Å². The van der Waals surface area contributed by atoms with Crippen LogP contribution in [-0.4, -0.2) is 30.0 Å². The lowest BCUT2D eigenvalue weighted by Crippen LogP contribution is -2.26. The fraction of sp³-hybridized carbons (Fsp3) is 0.571. The molecule has 0 spiro atoms. The van der Waals surface area contributed by atoms with Crippen molar-refractivity contribution in [3.8, 4) is 0 Å². The van der Waals surface area contributed by atoms with E-state index in [1.165, 1.54) is 5.56 Å². The number of aryl methyl sites for hydroxylation is 1. The van der Waals surface area contributed by atoms with Gasteiger partial charge < -0.3 is 14.9 Å². The van der Waals surface area contributed by atoms with Gasteiger partial charge in [0, 0.05) is 7.11 Å². The molecule has 0 bridgehead atoms. The van der Waals surface area contributed by atoms with Crippen LogP contribution in [0, 0.1) is 5.92 Å². The molecule has 3 unspecified atom stereocenters. The maximum atomic E-state index is 10.3. The van der Waals surface area contributed by atoms with Gasteiger partial charge >= 0.3 is 0 Å². The van der Waals surface area contributed by atoms with Gasteiger partial charge in [0.15, 0.2) is 0 Å². The Morgan fingerprint density at radius 2 is 2.18 bits per heavy atom. The number of rotatable bonds is 4. The predicted octanol–water partition coefficient (Wildman–Crippen LogP) is 1.68. The highest BCUT2D eigenvalue weighted by atomic mass is 16.5. The third-order valence-corrected chi connectivity index (χ3v) is 3.54. The van der Waals surface area contributed by atoms with Gasteiger partial charge in [0.25, 0.3) is 0 Å². The third kappa shape index (κ3) is 2.86. The summed E-state index contributed by atoms with van der Waals surface area (Å²) in [6.45, 7) is 0.338. The molecule has 17 heavy (non-hydrogen) atoms. The first-order chi connectivity index (χ1) is 8.22. The maximum absolute atomic E-state index is 10.3. The van der Waals surface area contributed by atoms with Gasteiger partial charge in [-0.05, 0) is 36.3 Å². The maximum Gasteiger partial charge on any atom is 0.0821 e. The topological polar surface area (TPSA) is 49.7 Å². The van der Waals surface area contributed by atoms with E-state index in [2.05, 4.69) is 6.07 Å². The van der Waals surface area contributed by atoms with Crippen LogP contribution in [-0.2, 0) is 11.2 Å². The van der Waals surface area contributed by atoms with E-state index in [1.54, 1.807) is 7.11 Å². The quantitative estimate of drug-likeness (QED) is 0.836. The van der Waals surface area contributed by atoms with E-state index in [0.717, 1.165) is 18.4 Å². The lowest BCUT2D eigenvalue weighted by molar-refractivity contribution is 0.0141. The number of benzene rings is 1. The van der Waals surface area contributed by atoms with Crippen LogP contribution in [0.1, 0.15) is 30.1 Å². The van der Waals surface area contributed by atoms with Crippen LogP contribution in [0.2, 0.25) is 0 Å². The summed E-state index contributed by atoms with van der Waals surface area (Å²) in [6, 6.07) is 8.01. The van der Waals surface area contributed by atoms with E-state index >= 15 is 0 Å². The summed E-state index contributed by atoms with van der Waals surface area (Å²) in [5.41, 5.74) is 2.26. The molecular formula is C14H20O3. The van der Waals surface area contributed by atoms with E-state index < -0.39 is 12.2 Å². The molecule has 0 amide bonds. The molecule has 3 nitrogen and oxygen atoms in total. The first-order valence-corrected chi connectivity index (χ1v) is 6.15. The van der Waals surface area contributed by atoms with Crippen LogP contribution < -0.4 is 0 Å². The smallest absolute Gasteiger partial charge is 0.0821 e. The van der Waals surface area contributed by atoms with Crippen molar-refractivity contribution in [2.75, 3.05) is 13.7 Å². The molecule has 2 N–H and O–H groups in total. The molecule has 3 atom stereocenters. The van der Waals surface area contributed by atoms with Gasteiger partial charge in [-0.25, -0.2) is 0 Å². The van der Waals surface area contributed by atoms with Crippen LogP contribution in [0.5, 0.6) is 0 Å². The van der Waals surface area contributed by atoms with E-state index in [9.17, 15) is 10.2 Å². The number of fused-ring (bicyclic) bond motifs is 1. The Balaban J connectivity index is 2.04. The van der Waals surface area contributed by atoms with Gasteiger partial charge in [-0.2, -0.15) is 0 Å². The van der Waals surface area contributed by atoms with Crippen molar-refractivity contribution >= 4 is 0 Å². The van der Waals surface area contributed by atoms with Crippen LogP contribution in [0.15, 0.2) is 24.3 Å². The Hall–Kier alpha value is -0.900. The fourth-order valence-corrected chi connectivity index (χ4v) is 2.66. The first kappa shape index (κ1) is 12.6. The standard InChI is InChI=1S/C14H20O3/c1-17-9-12(15)8-11-7-6-10-4-2-3-5-13(10)14(11)16/h2-5,11-12,14-16H,6-9H2,1H3. The molecule has 0 saturated carbocycles. The summed E-state index contributed by atoms with van der Waals surface area (Å²) in [4.78, 5) is 0. The Bertz CT molecular complexity index is 364. The lowest BCUT2D eigenvalue weighted by atomic mass is 9.79. The zero-order chi connectivity index (χ0) is 12.3. The monoisotopic (exact) mass is 236 g/mol. The van der Waals surface area contributed by atoms with Crippen LogP contribution >= 0.6 is 0 Å². The predicted molar refractivity (Wildman–Crippen MR) is 65.7 cm³/mol. The zero-order valence-corrected chi connectivity index (χ0v) is 10.2. The first-order valence-electron chi connectivity index (χ1n) is 6.15. The molecule has 0 aromatic heterocycles. The highest BCUT2D eigenvalue weighted by molar-refractivity contribution is 5.31. The van der Waals surface area contributed by atoms with E-state index in [0.29, 0.717) is 13.0 Å². The number of methoxy groups -OCH3 is 1. The summed E-state index contributed by atoms with van der Waals surface area (Å²) in [5, 5.41) is 20.0. The lowest BCUT2D eigenvalue weighted by Gasteiger charge is -2.31. The Kier molecular flexibility index (Phi) is 4.15. The van der Waals surface area contributed by atoms with Crippen LogP contribution in [0.25, 0.3) is 0 Å². The average molecular weight is 236 g/mol. The molecule has 0 saturated heterocycles. The average Bonchev–Trinajstić information content (AvgIpc) is 2.33. The fourth-order valence-electron chi connectivity index (χ4n) is 2.66. The van der Waals surface area contributed by atoms with Crippen molar-refractivity contribution in [1.82, 2.24) is 0 Å². The van der Waals surface area contributed by atoms with Gasteiger partial charge in [0.2, 0.25) is 0 Å². The molecule has 0 fully saturated rings. The minimum absolute atomic E-state index is 0.134. The summed E-state index contributed by atoms with van der Waals surface area (Å²) in [5.74, 6) is 0.134. The Morgan fingerprint density at radius 3 is 2.94 bits per heavy atom. The van der Waals surface area contributed by atoms with Gasteiger partial charge in [-0.1, -0.05) is 24.3 Å². The second-order valence-corrected chi connectivity index (χ2v) is 4.79. The molecule has 2 rings (SSSR count). The molecule has 0 heterocycles. The Morgan fingerprint density at radius 1 is 1.41 bits per heavy atom. The molecular weight excluding hydrogens is 216 g/mol. The number of ether oxygens (including phenoxy) is 1. The third-order valence-electron chi connectivity index (χ3n) is 3.54. The second kappa shape index (κ2) is 5.63. The SMILES string of the molecule is COCC(O)CC1CCc2ccccc2C1O. The van der Waals surface area contributed by atoms with Crippen LogP contribution in [0.3, 0.4) is 0 Å². The van der Waals surface area contributed by atoms with E-state index in [-0.39, 0.29) is 5.92 Å². The number of aliphatic hydroxyl groups excluding tert-OH is 2. The molecule has 94 valence electrons. The van der Waals surface area contributed by atoms with Crippen molar-refractivity contribution in [1.29, 1.82) is 0 Å². The molecule has 0 aliphatic heterocycles. The van der Waals surface area contributed by atoms with Crippen molar-refractivity contribution in [3.05, 3.63) is 35.4 Å². The molecule has 3 heteroatoms. The van der Waals surface area contributed by atoms with Crippen molar-refractivity contribution in [2.24, 2.45) is 5.92 Å². The highest BCUT2D eigenvalue weighted by Crippen LogP contribution is 2.36. The number of hydrogen-bond acceptors (Lipinski definition) is 3. The largest absolute Gasteiger partial charge is 0.391 e. The number of hydrogen-bond donors (Lipinski definition) is 2. The molecule has 0 radical (unpaired) electrons. The van der Waals surface area contributed by atoms with Crippen molar-refractivity contribution in [2.45, 2.75) is 31.5 Å². The van der Waals surface area contributed by atoms with Crippen LogP contribution in [0.4, 0.5) is 0 Å². The minimum Gasteiger partial charge on any atom is -0.391 e. The summed E-state index contributed by atoms with van der Waals surface area (Å²) in [6.07, 6.45) is 1.58. The zero-order valence-electron chi connectivity index (χ0n) is 10.2. The van der Waals surface area contributed by atoms with Gasteiger partial charge in [0.05, 0.1) is 18.8 Å². The van der Waals surface area contributed by atoms with Gasteiger partial charge in [0.1, 0.15) is 0 Å².